The third-order valence-corrected chi connectivity index (χ3v) is 1.16. The van der Waals surface area contributed by atoms with E-state index in [-0.39, 0.29) is 34.6 Å². The van der Waals surface area contributed by atoms with Crippen LogP contribution in [0, 0.1) is 0 Å². The van der Waals surface area contributed by atoms with Crippen molar-refractivity contribution in [1.82, 2.24) is 0 Å². The molecule has 0 aliphatic carbocycles. The Hall–Kier alpha value is -0.848. The van der Waals surface area contributed by atoms with Crippen LogP contribution in [0.1, 0.15) is 0 Å². The summed E-state index contributed by atoms with van der Waals surface area (Å²) in [5, 5.41) is 17.9. The van der Waals surface area contributed by atoms with Gasteiger partial charge in [0.15, 0.2) is 28.9 Å². The number of phenolic OH excluding ortho intramolecular Hbond substituents is 2. The maximum absolute atomic E-state index is 9.00. The molecule has 4 heteroatoms. The van der Waals surface area contributed by atoms with E-state index in [9.17, 15) is 0 Å². The lowest BCUT2D eigenvalue weighted by Gasteiger charge is -2.01. The Labute approximate surface area is 75.4 Å². The van der Waals surface area contributed by atoms with Crippen LogP contribution in [-0.4, -0.2) is 34.7 Å². The van der Waals surface area contributed by atoms with Crippen molar-refractivity contribution in [2.75, 3.05) is 7.11 Å². The standard InChI is InChI=1S/C7H8O3.Al.3H/c1-10-7-4-5(8)2-3-6(7)9;;;;/h2-4,8-9H,1H3;;;;. The highest BCUT2D eigenvalue weighted by molar-refractivity contribution is 5.75. The van der Waals surface area contributed by atoms with E-state index in [1.54, 1.807) is 0 Å². The number of aromatic hydroxyl groups is 2. The SMILES string of the molecule is COc1cc(O)ccc1O.[AlH3]. The molecule has 0 aliphatic rings. The summed E-state index contributed by atoms with van der Waals surface area (Å²) in [6, 6.07) is 4.10. The van der Waals surface area contributed by atoms with Gasteiger partial charge in [-0.25, -0.2) is 0 Å². The molecule has 1 aromatic carbocycles. The molecule has 0 saturated carbocycles. The number of rotatable bonds is 1. The second kappa shape index (κ2) is 4.12. The van der Waals surface area contributed by atoms with Crippen molar-refractivity contribution in [3.05, 3.63) is 18.2 Å². The van der Waals surface area contributed by atoms with Gasteiger partial charge in [-0.1, -0.05) is 0 Å². The van der Waals surface area contributed by atoms with Gasteiger partial charge in [-0.3, -0.25) is 0 Å². The van der Waals surface area contributed by atoms with Gasteiger partial charge in [0.1, 0.15) is 5.75 Å². The highest BCUT2D eigenvalue weighted by atomic mass is 27.0. The number of ether oxygens (including phenoxy) is 1. The molecule has 0 amide bonds. The summed E-state index contributed by atoms with van der Waals surface area (Å²) in [5.74, 6) is 0.384. The van der Waals surface area contributed by atoms with Crippen LogP contribution in [0.3, 0.4) is 0 Å². The molecule has 3 nitrogen and oxygen atoms in total. The fourth-order valence-electron chi connectivity index (χ4n) is 0.666. The van der Waals surface area contributed by atoms with Gasteiger partial charge < -0.3 is 14.9 Å². The molecule has 2 N–H and O–H groups in total. The average molecular weight is 170 g/mol. The van der Waals surface area contributed by atoms with Gasteiger partial charge in [-0.05, 0) is 12.1 Å². The average Bonchev–Trinajstić information content (AvgIpc) is 1.94. The van der Waals surface area contributed by atoms with Crippen molar-refractivity contribution in [2.24, 2.45) is 0 Å². The molecule has 0 saturated heterocycles. The zero-order valence-electron chi connectivity index (χ0n) is 5.53. The fraction of sp³-hybridized carbons (Fsp3) is 0.143. The number of methoxy groups -OCH3 is 1. The second-order valence-corrected chi connectivity index (χ2v) is 1.86. The molecule has 0 spiro atoms. The minimum atomic E-state index is 0. The Kier molecular flexibility index (Phi) is 3.80. The number of benzene rings is 1. The van der Waals surface area contributed by atoms with E-state index in [1.807, 2.05) is 0 Å². The highest BCUT2D eigenvalue weighted by Crippen LogP contribution is 2.28. The Morgan fingerprint density at radius 1 is 1.27 bits per heavy atom. The van der Waals surface area contributed by atoms with Crippen LogP contribution in [0.4, 0.5) is 0 Å². The number of hydrogen-bond acceptors (Lipinski definition) is 3. The van der Waals surface area contributed by atoms with Crippen molar-refractivity contribution in [3.8, 4) is 17.2 Å². The minimum absolute atomic E-state index is 0. The monoisotopic (exact) mass is 170 g/mol. The van der Waals surface area contributed by atoms with Crippen LogP contribution in [0.15, 0.2) is 18.2 Å². The smallest absolute Gasteiger partial charge is 0.187 e. The lowest BCUT2D eigenvalue weighted by molar-refractivity contribution is 0.368. The molecule has 60 valence electrons. The lowest BCUT2D eigenvalue weighted by Crippen LogP contribution is -1.81. The first-order chi connectivity index (χ1) is 4.74. The first-order valence-electron chi connectivity index (χ1n) is 2.80. The lowest BCUT2D eigenvalue weighted by atomic mass is 10.3. The van der Waals surface area contributed by atoms with Crippen LogP contribution >= 0.6 is 0 Å². The first-order valence-corrected chi connectivity index (χ1v) is 2.80. The van der Waals surface area contributed by atoms with E-state index < -0.39 is 0 Å². The van der Waals surface area contributed by atoms with Crippen molar-refractivity contribution in [2.45, 2.75) is 0 Å². The van der Waals surface area contributed by atoms with E-state index in [2.05, 4.69) is 0 Å². The Balaban J connectivity index is 0.000001000. The van der Waals surface area contributed by atoms with Gasteiger partial charge >= 0.3 is 0 Å². The molecule has 0 bridgehead atoms. The predicted octanol–water partition coefficient (Wildman–Crippen LogP) is -0.0775. The number of hydrogen-bond donors (Lipinski definition) is 2. The van der Waals surface area contributed by atoms with E-state index in [0.717, 1.165) is 0 Å². The van der Waals surface area contributed by atoms with Gasteiger partial charge in [-0.15, -0.1) is 0 Å². The summed E-state index contributed by atoms with van der Waals surface area (Å²) in [4.78, 5) is 0. The van der Waals surface area contributed by atoms with Gasteiger partial charge in [0.05, 0.1) is 7.11 Å². The van der Waals surface area contributed by atoms with Gasteiger partial charge in [0.25, 0.3) is 0 Å². The predicted molar refractivity (Wildman–Crippen MR) is 46.3 cm³/mol. The quantitative estimate of drug-likeness (QED) is 0.458. The molecule has 0 fully saturated rings. The van der Waals surface area contributed by atoms with Crippen LogP contribution in [-0.2, 0) is 0 Å². The summed E-state index contributed by atoms with van der Waals surface area (Å²) in [5.41, 5.74) is 0. The van der Waals surface area contributed by atoms with E-state index >= 15 is 0 Å². The summed E-state index contributed by atoms with van der Waals surface area (Å²) in [6.45, 7) is 0. The van der Waals surface area contributed by atoms with Gasteiger partial charge in [0, 0.05) is 6.07 Å². The van der Waals surface area contributed by atoms with Gasteiger partial charge in [0.2, 0.25) is 0 Å². The fourth-order valence-corrected chi connectivity index (χ4v) is 0.666. The number of phenols is 2. The molecule has 0 aliphatic heterocycles. The topological polar surface area (TPSA) is 49.7 Å². The van der Waals surface area contributed by atoms with E-state index in [4.69, 9.17) is 14.9 Å². The largest absolute Gasteiger partial charge is 0.508 e. The van der Waals surface area contributed by atoms with Crippen LogP contribution in [0.2, 0.25) is 0 Å². The summed E-state index contributed by atoms with van der Waals surface area (Å²) >= 11 is 0. The summed E-state index contributed by atoms with van der Waals surface area (Å²) in [6.07, 6.45) is 0. The first kappa shape index (κ1) is 10.2. The normalized spacial score (nSPS) is 8.45. The Bertz CT molecular complexity index is 237. The molecular weight excluding hydrogens is 159 g/mol. The summed E-state index contributed by atoms with van der Waals surface area (Å²) < 4.78 is 4.72. The molecule has 0 atom stereocenters. The maximum atomic E-state index is 9.00. The van der Waals surface area contributed by atoms with E-state index in [1.165, 1.54) is 25.3 Å². The van der Waals surface area contributed by atoms with Crippen LogP contribution < -0.4 is 4.74 Å². The van der Waals surface area contributed by atoms with Crippen molar-refractivity contribution in [3.63, 3.8) is 0 Å². The molecule has 0 radical (unpaired) electrons. The molecule has 0 heterocycles. The van der Waals surface area contributed by atoms with Crippen LogP contribution in [0.25, 0.3) is 0 Å². The van der Waals surface area contributed by atoms with Crippen LogP contribution in [0.5, 0.6) is 17.2 Å². The summed E-state index contributed by atoms with van der Waals surface area (Å²) in [7, 11) is 1.43. The Morgan fingerprint density at radius 2 is 1.91 bits per heavy atom. The molecule has 1 aromatic rings. The second-order valence-electron chi connectivity index (χ2n) is 1.86. The van der Waals surface area contributed by atoms with E-state index in [0.29, 0.717) is 0 Å². The maximum Gasteiger partial charge on any atom is 0.187 e. The van der Waals surface area contributed by atoms with Crippen molar-refractivity contribution < 1.29 is 14.9 Å². The van der Waals surface area contributed by atoms with Crippen molar-refractivity contribution in [1.29, 1.82) is 0 Å². The Morgan fingerprint density at radius 3 is 2.36 bits per heavy atom. The third-order valence-electron chi connectivity index (χ3n) is 1.16. The minimum Gasteiger partial charge on any atom is -0.508 e. The zero-order chi connectivity index (χ0) is 7.56. The zero-order valence-corrected chi connectivity index (χ0v) is 5.53. The molecule has 0 aromatic heterocycles. The molecule has 11 heavy (non-hydrogen) atoms. The molecule has 0 unspecified atom stereocenters. The van der Waals surface area contributed by atoms with Gasteiger partial charge in [-0.2, -0.15) is 0 Å². The molecule has 1 rings (SSSR count). The highest BCUT2D eigenvalue weighted by Gasteiger charge is 1.99. The molecular formula is C7H11AlO3. The van der Waals surface area contributed by atoms with Crippen molar-refractivity contribution >= 4 is 17.4 Å². The third kappa shape index (κ3) is 2.34.